The van der Waals surface area contributed by atoms with Crippen LogP contribution in [-0.2, 0) is 16.1 Å². The van der Waals surface area contributed by atoms with Crippen LogP contribution in [0.15, 0.2) is 30.3 Å². The molecular weight excluding hydrogens is 288 g/mol. The molecule has 2 amide bonds. The van der Waals surface area contributed by atoms with Gasteiger partial charge in [0.15, 0.2) is 0 Å². The normalized spacial score (nSPS) is 21.0. The third-order valence-corrected chi connectivity index (χ3v) is 4.52. The smallest absolute Gasteiger partial charge is 0.225 e. The van der Waals surface area contributed by atoms with Crippen molar-refractivity contribution in [3.8, 4) is 0 Å². The Bertz CT molecular complexity index is 519. The summed E-state index contributed by atoms with van der Waals surface area (Å²) in [6.45, 7) is 4.60. The number of nitrogens with zero attached hydrogens (tertiary/aromatic N) is 1. The van der Waals surface area contributed by atoms with Crippen molar-refractivity contribution >= 4 is 11.8 Å². The third-order valence-electron chi connectivity index (χ3n) is 4.52. The summed E-state index contributed by atoms with van der Waals surface area (Å²) in [5.74, 6) is 0.479. The van der Waals surface area contributed by atoms with Crippen molar-refractivity contribution in [3.05, 3.63) is 35.9 Å². The van der Waals surface area contributed by atoms with Crippen LogP contribution in [0, 0.1) is 11.8 Å². The SMILES string of the molecule is CC(C)NC(=O)C1CCC(C(=O)N(C)Cc2ccccc2)CC1. The van der Waals surface area contributed by atoms with E-state index in [0.29, 0.717) is 6.54 Å². The molecule has 1 aliphatic carbocycles. The molecule has 0 unspecified atom stereocenters. The zero-order valence-corrected chi connectivity index (χ0v) is 14.4. The molecule has 0 aromatic heterocycles. The van der Waals surface area contributed by atoms with Crippen LogP contribution in [0.3, 0.4) is 0 Å². The number of hydrogen-bond donors (Lipinski definition) is 1. The maximum absolute atomic E-state index is 12.6. The van der Waals surface area contributed by atoms with Gasteiger partial charge in [-0.05, 0) is 45.1 Å². The maximum atomic E-state index is 12.6. The van der Waals surface area contributed by atoms with Gasteiger partial charge in [0.2, 0.25) is 11.8 Å². The molecule has 1 fully saturated rings. The molecule has 4 heteroatoms. The van der Waals surface area contributed by atoms with E-state index >= 15 is 0 Å². The Kier molecular flexibility index (Phi) is 6.20. The first-order chi connectivity index (χ1) is 11.0. The highest BCUT2D eigenvalue weighted by atomic mass is 16.2. The van der Waals surface area contributed by atoms with Gasteiger partial charge in [0.25, 0.3) is 0 Å². The summed E-state index contributed by atoms with van der Waals surface area (Å²) in [5.41, 5.74) is 1.15. The van der Waals surface area contributed by atoms with Crippen LogP contribution in [0.2, 0.25) is 0 Å². The lowest BCUT2D eigenvalue weighted by Crippen LogP contribution is -2.40. The van der Waals surface area contributed by atoms with Gasteiger partial charge >= 0.3 is 0 Å². The van der Waals surface area contributed by atoms with E-state index in [-0.39, 0.29) is 29.7 Å². The molecule has 23 heavy (non-hydrogen) atoms. The van der Waals surface area contributed by atoms with Gasteiger partial charge in [0.05, 0.1) is 0 Å². The molecule has 1 aromatic carbocycles. The van der Waals surface area contributed by atoms with Crippen LogP contribution in [0.5, 0.6) is 0 Å². The highest BCUT2D eigenvalue weighted by molar-refractivity contribution is 5.81. The molecule has 0 aliphatic heterocycles. The van der Waals surface area contributed by atoms with Gasteiger partial charge < -0.3 is 10.2 Å². The van der Waals surface area contributed by atoms with Crippen LogP contribution in [0.1, 0.15) is 45.1 Å². The molecule has 1 aliphatic rings. The predicted molar refractivity (Wildman–Crippen MR) is 91.6 cm³/mol. The zero-order valence-electron chi connectivity index (χ0n) is 14.4. The number of benzene rings is 1. The first kappa shape index (κ1) is 17.5. The van der Waals surface area contributed by atoms with Crippen LogP contribution in [0.4, 0.5) is 0 Å². The van der Waals surface area contributed by atoms with Gasteiger partial charge in [-0.25, -0.2) is 0 Å². The summed E-state index contributed by atoms with van der Waals surface area (Å²) < 4.78 is 0. The number of hydrogen-bond acceptors (Lipinski definition) is 2. The molecule has 4 nitrogen and oxygen atoms in total. The van der Waals surface area contributed by atoms with E-state index in [1.165, 1.54) is 0 Å². The molecule has 1 saturated carbocycles. The summed E-state index contributed by atoms with van der Waals surface area (Å²) in [5, 5.41) is 2.98. The van der Waals surface area contributed by atoms with Crippen molar-refractivity contribution in [2.24, 2.45) is 11.8 Å². The molecule has 0 heterocycles. The van der Waals surface area contributed by atoms with Crippen molar-refractivity contribution in [2.45, 2.75) is 52.1 Å². The monoisotopic (exact) mass is 316 g/mol. The van der Waals surface area contributed by atoms with Gasteiger partial charge in [-0.15, -0.1) is 0 Å². The average molecular weight is 316 g/mol. The Hall–Kier alpha value is -1.84. The predicted octanol–water partition coefficient (Wildman–Crippen LogP) is 2.98. The molecule has 0 atom stereocenters. The third kappa shape index (κ3) is 5.08. The Balaban J connectivity index is 1.82. The summed E-state index contributed by atoms with van der Waals surface area (Å²) in [7, 11) is 1.87. The van der Waals surface area contributed by atoms with Gasteiger partial charge in [-0.1, -0.05) is 30.3 Å². The Labute approximate surface area is 139 Å². The Morgan fingerprint density at radius 1 is 1.09 bits per heavy atom. The standard InChI is InChI=1S/C19H28N2O2/c1-14(2)20-18(22)16-9-11-17(12-10-16)19(23)21(3)13-15-7-5-4-6-8-15/h4-8,14,16-17H,9-13H2,1-3H3,(H,20,22). The summed E-state index contributed by atoms with van der Waals surface area (Å²) in [6, 6.07) is 10.2. The number of rotatable bonds is 5. The van der Waals surface area contributed by atoms with Crippen LogP contribution in [-0.4, -0.2) is 29.8 Å². The quantitative estimate of drug-likeness (QED) is 0.908. The molecule has 1 N–H and O–H groups in total. The van der Waals surface area contributed by atoms with Gasteiger partial charge in [0, 0.05) is 31.5 Å². The number of carbonyl (C=O) groups excluding carboxylic acids is 2. The van der Waals surface area contributed by atoms with Crippen LogP contribution >= 0.6 is 0 Å². The van der Waals surface area contributed by atoms with Crippen molar-refractivity contribution in [2.75, 3.05) is 7.05 Å². The van der Waals surface area contributed by atoms with Gasteiger partial charge in [-0.3, -0.25) is 9.59 Å². The minimum Gasteiger partial charge on any atom is -0.354 e. The minimum absolute atomic E-state index is 0.0619. The first-order valence-electron chi connectivity index (χ1n) is 8.56. The Morgan fingerprint density at radius 3 is 2.22 bits per heavy atom. The van der Waals surface area contributed by atoms with Crippen LogP contribution < -0.4 is 5.32 Å². The lowest BCUT2D eigenvalue weighted by Gasteiger charge is -2.30. The molecule has 1 aromatic rings. The topological polar surface area (TPSA) is 49.4 Å². The van der Waals surface area contributed by atoms with Crippen molar-refractivity contribution in [1.82, 2.24) is 10.2 Å². The highest BCUT2D eigenvalue weighted by Gasteiger charge is 2.31. The van der Waals surface area contributed by atoms with E-state index in [9.17, 15) is 9.59 Å². The molecule has 0 saturated heterocycles. The lowest BCUT2D eigenvalue weighted by molar-refractivity contribution is -0.137. The van der Waals surface area contributed by atoms with Gasteiger partial charge in [-0.2, -0.15) is 0 Å². The summed E-state index contributed by atoms with van der Waals surface area (Å²) >= 11 is 0. The maximum Gasteiger partial charge on any atom is 0.225 e. The van der Waals surface area contributed by atoms with E-state index in [1.807, 2.05) is 56.1 Å². The fourth-order valence-corrected chi connectivity index (χ4v) is 3.25. The Morgan fingerprint density at radius 2 is 1.65 bits per heavy atom. The minimum atomic E-state index is 0.0619. The largest absolute Gasteiger partial charge is 0.354 e. The van der Waals surface area contributed by atoms with Gasteiger partial charge in [0.1, 0.15) is 0 Å². The molecule has 0 radical (unpaired) electrons. The zero-order chi connectivity index (χ0) is 16.8. The number of nitrogens with one attached hydrogen (secondary N) is 1. The second-order valence-corrected chi connectivity index (χ2v) is 6.89. The van der Waals surface area contributed by atoms with Crippen molar-refractivity contribution in [1.29, 1.82) is 0 Å². The second kappa shape index (κ2) is 8.14. The molecule has 126 valence electrons. The van der Waals surface area contributed by atoms with E-state index < -0.39 is 0 Å². The summed E-state index contributed by atoms with van der Waals surface area (Å²) in [6.07, 6.45) is 3.25. The highest BCUT2D eigenvalue weighted by Crippen LogP contribution is 2.30. The number of amides is 2. The lowest BCUT2D eigenvalue weighted by atomic mass is 9.81. The van der Waals surface area contributed by atoms with E-state index in [4.69, 9.17) is 0 Å². The molecule has 2 rings (SSSR count). The van der Waals surface area contributed by atoms with E-state index in [0.717, 1.165) is 31.2 Å². The fraction of sp³-hybridized carbons (Fsp3) is 0.579. The molecular formula is C19H28N2O2. The van der Waals surface area contributed by atoms with E-state index in [2.05, 4.69) is 5.32 Å². The van der Waals surface area contributed by atoms with Crippen molar-refractivity contribution in [3.63, 3.8) is 0 Å². The van der Waals surface area contributed by atoms with E-state index in [1.54, 1.807) is 0 Å². The first-order valence-corrected chi connectivity index (χ1v) is 8.56. The average Bonchev–Trinajstić information content (AvgIpc) is 2.54. The fourth-order valence-electron chi connectivity index (χ4n) is 3.25. The molecule has 0 spiro atoms. The summed E-state index contributed by atoms with van der Waals surface area (Å²) in [4.78, 5) is 26.4. The second-order valence-electron chi connectivity index (χ2n) is 6.89. The molecule has 0 bridgehead atoms. The number of carbonyl (C=O) groups is 2. The van der Waals surface area contributed by atoms with Crippen LogP contribution in [0.25, 0.3) is 0 Å². The van der Waals surface area contributed by atoms with Crippen molar-refractivity contribution < 1.29 is 9.59 Å².